The summed E-state index contributed by atoms with van der Waals surface area (Å²) in [5, 5.41) is 14.9. The number of anilines is 2. The lowest BCUT2D eigenvalue weighted by atomic mass is 10.1. The van der Waals surface area contributed by atoms with Crippen molar-refractivity contribution >= 4 is 28.0 Å². The third-order valence-electron chi connectivity index (χ3n) is 3.61. The molecule has 2 aromatic heterocycles. The molecule has 0 fully saturated rings. The van der Waals surface area contributed by atoms with E-state index in [-0.39, 0.29) is 17.2 Å². The number of benzene rings is 1. The van der Waals surface area contributed by atoms with Crippen molar-refractivity contribution in [3.63, 3.8) is 0 Å². The maximum atomic E-state index is 12.8. The first-order chi connectivity index (χ1) is 11.8. The van der Waals surface area contributed by atoms with E-state index in [1.807, 2.05) is 0 Å². The van der Waals surface area contributed by atoms with Crippen LogP contribution >= 0.6 is 0 Å². The predicted molar refractivity (Wildman–Crippen MR) is 85.7 cm³/mol. The number of aromatic nitrogens is 2. The van der Waals surface area contributed by atoms with E-state index in [0.717, 1.165) is 12.3 Å². The topological polar surface area (TPSA) is 81.0 Å². The third kappa shape index (κ3) is 3.21. The Labute approximate surface area is 139 Å². The fraction of sp³-hybridized carbons (Fsp3) is 0.125. The standard InChI is InChI=1S/C16H11F3N4O2/c1-9-2-3-12-11(14(9)23(24)25)5-7-21-15(12)22-10-4-6-20-13(8-10)16(17,18)19/h2-8H,1H3,(H,20,21,22). The van der Waals surface area contributed by atoms with Gasteiger partial charge in [0.2, 0.25) is 0 Å². The highest BCUT2D eigenvalue weighted by atomic mass is 19.4. The zero-order valence-electron chi connectivity index (χ0n) is 12.8. The van der Waals surface area contributed by atoms with Gasteiger partial charge in [0.1, 0.15) is 11.5 Å². The highest BCUT2D eigenvalue weighted by molar-refractivity contribution is 5.99. The van der Waals surface area contributed by atoms with Gasteiger partial charge in [-0.05, 0) is 31.2 Å². The van der Waals surface area contributed by atoms with Gasteiger partial charge in [-0.3, -0.25) is 15.1 Å². The van der Waals surface area contributed by atoms with Crippen molar-refractivity contribution in [2.75, 3.05) is 5.32 Å². The van der Waals surface area contributed by atoms with Crippen LogP contribution in [0.2, 0.25) is 0 Å². The number of pyridine rings is 2. The van der Waals surface area contributed by atoms with E-state index in [0.29, 0.717) is 16.3 Å². The highest BCUT2D eigenvalue weighted by Gasteiger charge is 2.32. The minimum atomic E-state index is -4.57. The van der Waals surface area contributed by atoms with Gasteiger partial charge in [0.25, 0.3) is 5.69 Å². The molecule has 0 radical (unpaired) electrons. The molecule has 0 saturated carbocycles. The van der Waals surface area contributed by atoms with Gasteiger partial charge in [0.05, 0.1) is 10.3 Å². The fourth-order valence-electron chi connectivity index (χ4n) is 2.49. The van der Waals surface area contributed by atoms with Gasteiger partial charge in [-0.25, -0.2) is 4.98 Å². The number of hydrogen-bond acceptors (Lipinski definition) is 5. The molecule has 1 N–H and O–H groups in total. The number of nitrogens with zero attached hydrogens (tertiary/aromatic N) is 3. The minimum Gasteiger partial charge on any atom is -0.340 e. The molecular formula is C16H11F3N4O2. The molecule has 0 aliphatic rings. The molecule has 3 aromatic rings. The molecule has 0 spiro atoms. The predicted octanol–water partition coefficient (Wildman–Crippen LogP) is 4.61. The Morgan fingerprint density at radius 1 is 1.08 bits per heavy atom. The average molecular weight is 348 g/mol. The number of nitrogens with one attached hydrogen (secondary N) is 1. The van der Waals surface area contributed by atoms with Gasteiger partial charge in [-0.15, -0.1) is 0 Å². The van der Waals surface area contributed by atoms with Crippen molar-refractivity contribution < 1.29 is 18.1 Å². The van der Waals surface area contributed by atoms with Crippen LogP contribution in [-0.4, -0.2) is 14.9 Å². The Morgan fingerprint density at radius 2 is 1.80 bits per heavy atom. The zero-order chi connectivity index (χ0) is 18.2. The molecule has 0 aliphatic carbocycles. The minimum absolute atomic E-state index is 0.0614. The van der Waals surface area contributed by atoms with Crippen LogP contribution in [0.3, 0.4) is 0 Å². The second kappa shape index (κ2) is 6.00. The molecule has 2 heterocycles. The van der Waals surface area contributed by atoms with Crippen molar-refractivity contribution in [2.45, 2.75) is 13.1 Å². The molecule has 9 heteroatoms. The van der Waals surface area contributed by atoms with Gasteiger partial charge in [-0.1, -0.05) is 6.07 Å². The Balaban J connectivity index is 2.09. The van der Waals surface area contributed by atoms with E-state index < -0.39 is 16.8 Å². The van der Waals surface area contributed by atoms with Crippen molar-refractivity contribution in [1.29, 1.82) is 0 Å². The normalized spacial score (nSPS) is 11.5. The van der Waals surface area contributed by atoms with Gasteiger partial charge in [0, 0.05) is 29.0 Å². The summed E-state index contributed by atoms with van der Waals surface area (Å²) < 4.78 is 38.3. The average Bonchev–Trinajstić information content (AvgIpc) is 2.54. The monoisotopic (exact) mass is 348 g/mol. The van der Waals surface area contributed by atoms with Gasteiger partial charge >= 0.3 is 6.18 Å². The summed E-state index contributed by atoms with van der Waals surface area (Å²) >= 11 is 0. The summed E-state index contributed by atoms with van der Waals surface area (Å²) in [6.45, 7) is 1.61. The van der Waals surface area contributed by atoms with Crippen LogP contribution in [-0.2, 0) is 6.18 Å². The van der Waals surface area contributed by atoms with Crippen LogP contribution in [0.25, 0.3) is 10.8 Å². The number of alkyl halides is 3. The molecule has 128 valence electrons. The Kier molecular flexibility index (Phi) is 3.99. The van der Waals surface area contributed by atoms with Crippen LogP contribution in [0.15, 0.2) is 42.7 Å². The molecule has 3 rings (SSSR count). The lowest BCUT2D eigenvalue weighted by Gasteiger charge is -2.11. The van der Waals surface area contributed by atoms with Gasteiger partial charge < -0.3 is 5.32 Å². The largest absolute Gasteiger partial charge is 0.433 e. The van der Waals surface area contributed by atoms with Crippen LogP contribution in [0.1, 0.15) is 11.3 Å². The van der Waals surface area contributed by atoms with Crippen molar-refractivity contribution in [2.24, 2.45) is 0 Å². The first kappa shape index (κ1) is 16.6. The number of halogens is 3. The zero-order valence-corrected chi connectivity index (χ0v) is 12.8. The number of nitro groups is 1. The maximum absolute atomic E-state index is 12.8. The summed E-state index contributed by atoms with van der Waals surface area (Å²) in [6.07, 6.45) is -2.17. The number of aryl methyl sites for hydroxylation is 1. The van der Waals surface area contributed by atoms with Crippen LogP contribution < -0.4 is 5.32 Å². The highest BCUT2D eigenvalue weighted by Crippen LogP contribution is 2.34. The Bertz CT molecular complexity index is 973. The molecule has 0 bridgehead atoms. The smallest absolute Gasteiger partial charge is 0.340 e. The van der Waals surface area contributed by atoms with E-state index in [9.17, 15) is 23.3 Å². The van der Waals surface area contributed by atoms with E-state index in [1.54, 1.807) is 19.1 Å². The van der Waals surface area contributed by atoms with Gasteiger partial charge in [0.15, 0.2) is 0 Å². The summed E-state index contributed by atoms with van der Waals surface area (Å²) in [5.41, 5.74) is -0.489. The van der Waals surface area contributed by atoms with E-state index >= 15 is 0 Å². The van der Waals surface area contributed by atoms with Gasteiger partial charge in [-0.2, -0.15) is 13.2 Å². The molecule has 0 amide bonds. The second-order valence-corrected chi connectivity index (χ2v) is 5.30. The maximum Gasteiger partial charge on any atom is 0.433 e. The molecular weight excluding hydrogens is 337 g/mol. The fourth-order valence-corrected chi connectivity index (χ4v) is 2.49. The molecule has 0 atom stereocenters. The lowest BCUT2D eigenvalue weighted by Crippen LogP contribution is -2.08. The molecule has 1 aromatic carbocycles. The molecule has 0 saturated heterocycles. The quantitative estimate of drug-likeness (QED) is 0.552. The molecule has 6 nitrogen and oxygen atoms in total. The molecule has 0 aliphatic heterocycles. The Hall–Kier alpha value is -3.23. The van der Waals surface area contributed by atoms with Crippen molar-refractivity contribution in [1.82, 2.24) is 9.97 Å². The summed E-state index contributed by atoms with van der Waals surface area (Å²) in [6, 6.07) is 6.92. The van der Waals surface area contributed by atoms with Crippen LogP contribution in [0.5, 0.6) is 0 Å². The summed E-state index contributed by atoms with van der Waals surface area (Å²) in [4.78, 5) is 18.2. The number of fused-ring (bicyclic) bond motifs is 1. The Morgan fingerprint density at radius 3 is 2.48 bits per heavy atom. The number of nitro benzene ring substituents is 1. The summed E-state index contributed by atoms with van der Waals surface area (Å²) in [7, 11) is 0. The molecule has 25 heavy (non-hydrogen) atoms. The van der Waals surface area contributed by atoms with Crippen LogP contribution in [0, 0.1) is 17.0 Å². The van der Waals surface area contributed by atoms with E-state index in [4.69, 9.17) is 0 Å². The first-order valence-electron chi connectivity index (χ1n) is 7.10. The number of rotatable bonds is 3. The third-order valence-corrected chi connectivity index (χ3v) is 3.61. The summed E-state index contributed by atoms with van der Waals surface area (Å²) in [5.74, 6) is 0.222. The lowest BCUT2D eigenvalue weighted by molar-refractivity contribution is -0.383. The van der Waals surface area contributed by atoms with E-state index in [1.165, 1.54) is 18.3 Å². The van der Waals surface area contributed by atoms with Crippen LogP contribution in [0.4, 0.5) is 30.4 Å². The number of hydrogen-bond donors (Lipinski definition) is 1. The SMILES string of the molecule is Cc1ccc2c(Nc3ccnc(C(F)(F)F)c3)nccc2c1[N+](=O)[O-]. The second-order valence-electron chi connectivity index (χ2n) is 5.30. The van der Waals surface area contributed by atoms with E-state index in [2.05, 4.69) is 15.3 Å². The molecule has 0 unspecified atom stereocenters. The first-order valence-corrected chi connectivity index (χ1v) is 7.10. The van der Waals surface area contributed by atoms with Crippen molar-refractivity contribution in [3.05, 3.63) is 64.1 Å². The van der Waals surface area contributed by atoms with Crippen molar-refractivity contribution in [3.8, 4) is 0 Å².